The molecule has 0 bridgehead atoms. The lowest BCUT2D eigenvalue weighted by Crippen LogP contribution is -2.06. The number of hydrogen-bond donors (Lipinski definition) is 0. The Morgan fingerprint density at radius 2 is 1.95 bits per heavy atom. The van der Waals surface area contributed by atoms with Crippen LogP contribution in [0.4, 0.5) is 8.78 Å². The molecule has 0 fully saturated rings. The van der Waals surface area contributed by atoms with Gasteiger partial charge in [0, 0.05) is 5.56 Å². The molecule has 2 aromatic carbocycles. The van der Waals surface area contributed by atoms with Crippen LogP contribution in [0.15, 0.2) is 40.9 Å². The zero-order valence-corrected chi connectivity index (χ0v) is 13.0. The van der Waals surface area contributed by atoms with E-state index >= 15 is 0 Å². The molecule has 0 radical (unpaired) electrons. The number of rotatable bonds is 3. The number of para-hydroxylation sites is 1. The van der Waals surface area contributed by atoms with Crippen LogP contribution in [0.5, 0.6) is 0 Å². The zero-order chi connectivity index (χ0) is 15.0. The molecule has 0 amide bonds. The highest BCUT2D eigenvalue weighted by Crippen LogP contribution is 2.26. The van der Waals surface area contributed by atoms with Crippen molar-refractivity contribution < 1.29 is 13.6 Å². The van der Waals surface area contributed by atoms with Crippen LogP contribution in [0.25, 0.3) is 10.2 Å². The number of aromatic nitrogens is 1. The maximum Gasteiger partial charge on any atom is 0.173 e. The minimum atomic E-state index is -1.05. The molecular formula is C15H8BrF2NOS. The monoisotopic (exact) mass is 367 g/mol. The van der Waals surface area contributed by atoms with Gasteiger partial charge in [-0.15, -0.1) is 11.3 Å². The van der Waals surface area contributed by atoms with Crippen LogP contribution in [-0.4, -0.2) is 10.8 Å². The molecule has 2 nitrogen and oxygen atoms in total. The van der Waals surface area contributed by atoms with Gasteiger partial charge in [0.25, 0.3) is 0 Å². The average Bonchev–Trinajstić information content (AvgIpc) is 2.86. The van der Waals surface area contributed by atoms with E-state index in [1.165, 1.54) is 17.4 Å². The summed E-state index contributed by atoms with van der Waals surface area (Å²) in [5.41, 5.74) is 0.947. The largest absolute Gasteiger partial charge is 0.294 e. The molecule has 0 atom stereocenters. The summed E-state index contributed by atoms with van der Waals surface area (Å²) in [6, 6.07) is 9.79. The lowest BCUT2D eigenvalue weighted by atomic mass is 10.1. The molecule has 1 heterocycles. The van der Waals surface area contributed by atoms with Crippen molar-refractivity contribution in [2.24, 2.45) is 0 Å². The second kappa shape index (κ2) is 5.61. The van der Waals surface area contributed by atoms with Crippen LogP contribution in [-0.2, 0) is 6.42 Å². The van der Waals surface area contributed by atoms with Crippen molar-refractivity contribution in [2.75, 3.05) is 0 Å². The standard InChI is InChI=1S/C15H8BrF2NOS/c16-14-8(5-6-9(17)15(14)18)11(20)7-13-19-10-3-1-2-4-12(10)21-13/h1-6H,7H2. The fourth-order valence-electron chi connectivity index (χ4n) is 1.97. The number of thiazole rings is 1. The van der Waals surface area contributed by atoms with Crippen molar-refractivity contribution in [1.29, 1.82) is 0 Å². The molecule has 3 rings (SSSR count). The van der Waals surface area contributed by atoms with E-state index in [0.717, 1.165) is 16.3 Å². The predicted octanol–water partition coefficient (Wildman–Crippen LogP) is 4.76. The molecular weight excluding hydrogens is 360 g/mol. The van der Waals surface area contributed by atoms with E-state index < -0.39 is 11.6 Å². The minimum Gasteiger partial charge on any atom is -0.294 e. The molecule has 0 unspecified atom stereocenters. The van der Waals surface area contributed by atoms with Crippen LogP contribution in [0, 0.1) is 11.6 Å². The smallest absolute Gasteiger partial charge is 0.173 e. The number of nitrogens with zero attached hydrogens (tertiary/aromatic N) is 1. The Kier molecular flexibility index (Phi) is 3.82. The Balaban J connectivity index is 1.91. The summed E-state index contributed by atoms with van der Waals surface area (Å²) in [5.74, 6) is -2.34. The van der Waals surface area contributed by atoms with E-state index in [2.05, 4.69) is 20.9 Å². The predicted molar refractivity (Wildman–Crippen MR) is 81.7 cm³/mol. The molecule has 0 aliphatic carbocycles. The molecule has 106 valence electrons. The molecule has 3 aromatic rings. The normalized spacial score (nSPS) is 11.0. The van der Waals surface area contributed by atoms with E-state index in [-0.39, 0.29) is 22.2 Å². The van der Waals surface area contributed by atoms with Crippen molar-refractivity contribution in [3.05, 3.63) is 63.1 Å². The number of carbonyl (C=O) groups is 1. The summed E-state index contributed by atoms with van der Waals surface area (Å²) in [6.07, 6.45) is 0.0586. The van der Waals surface area contributed by atoms with Crippen molar-refractivity contribution >= 4 is 43.3 Å². The Bertz CT molecular complexity index is 814. The second-order valence-corrected chi connectivity index (χ2v) is 6.31. The van der Waals surface area contributed by atoms with Crippen LogP contribution in [0.2, 0.25) is 0 Å². The van der Waals surface area contributed by atoms with Gasteiger partial charge < -0.3 is 0 Å². The minimum absolute atomic E-state index is 0.0586. The number of halogens is 3. The molecule has 0 N–H and O–H groups in total. The molecule has 0 saturated carbocycles. The van der Waals surface area contributed by atoms with Gasteiger partial charge >= 0.3 is 0 Å². The van der Waals surface area contributed by atoms with Gasteiger partial charge in [-0.25, -0.2) is 13.8 Å². The first-order valence-electron chi connectivity index (χ1n) is 6.07. The number of fused-ring (bicyclic) bond motifs is 1. The van der Waals surface area contributed by atoms with Gasteiger partial charge in [0.05, 0.1) is 21.1 Å². The van der Waals surface area contributed by atoms with E-state index in [1.807, 2.05) is 24.3 Å². The summed E-state index contributed by atoms with van der Waals surface area (Å²) in [5, 5.41) is 0.651. The number of Topliss-reactive ketones (excluding diaryl/α,β-unsaturated/α-hetero) is 1. The van der Waals surface area contributed by atoms with Gasteiger partial charge in [0.15, 0.2) is 17.4 Å². The van der Waals surface area contributed by atoms with E-state index in [9.17, 15) is 13.6 Å². The summed E-state index contributed by atoms with van der Waals surface area (Å²) in [6.45, 7) is 0. The Morgan fingerprint density at radius 1 is 1.19 bits per heavy atom. The van der Waals surface area contributed by atoms with Crippen LogP contribution in [0.1, 0.15) is 15.4 Å². The second-order valence-electron chi connectivity index (χ2n) is 4.40. The third-order valence-electron chi connectivity index (χ3n) is 2.99. The average molecular weight is 368 g/mol. The molecule has 0 aliphatic rings. The van der Waals surface area contributed by atoms with Gasteiger partial charge in [0.2, 0.25) is 0 Å². The van der Waals surface area contributed by atoms with Gasteiger partial charge in [0.1, 0.15) is 5.01 Å². The number of benzene rings is 2. The molecule has 1 aromatic heterocycles. The lowest BCUT2D eigenvalue weighted by molar-refractivity contribution is 0.0991. The first-order chi connectivity index (χ1) is 10.1. The molecule has 0 aliphatic heterocycles. The van der Waals surface area contributed by atoms with E-state index in [0.29, 0.717) is 5.01 Å². The van der Waals surface area contributed by atoms with E-state index in [1.54, 1.807) is 0 Å². The topological polar surface area (TPSA) is 30.0 Å². The number of ketones is 1. The fourth-order valence-corrected chi connectivity index (χ4v) is 3.48. The van der Waals surface area contributed by atoms with Gasteiger partial charge in [-0.05, 0) is 40.2 Å². The highest BCUT2D eigenvalue weighted by molar-refractivity contribution is 9.10. The first-order valence-corrected chi connectivity index (χ1v) is 7.68. The first kappa shape index (κ1) is 14.3. The van der Waals surface area contributed by atoms with Crippen LogP contribution >= 0.6 is 27.3 Å². The molecule has 21 heavy (non-hydrogen) atoms. The van der Waals surface area contributed by atoms with Crippen molar-refractivity contribution in [1.82, 2.24) is 4.98 Å². The highest BCUT2D eigenvalue weighted by Gasteiger charge is 2.18. The Labute approximate surface area is 131 Å². The summed E-state index contributed by atoms with van der Waals surface area (Å²) < 4.78 is 27.4. The number of carbonyl (C=O) groups excluding carboxylic acids is 1. The molecule has 6 heteroatoms. The quantitative estimate of drug-likeness (QED) is 0.493. The number of hydrogen-bond acceptors (Lipinski definition) is 3. The summed E-state index contributed by atoms with van der Waals surface area (Å²) in [4.78, 5) is 16.6. The Hall–Kier alpha value is -1.66. The maximum absolute atomic E-state index is 13.5. The third-order valence-corrected chi connectivity index (χ3v) is 4.80. The van der Waals surface area contributed by atoms with Gasteiger partial charge in [-0.2, -0.15) is 0 Å². The van der Waals surface area contributed by atoms with E-state index in [4.69, 9.17) is 0 Å². The molecule has 0 saturated heterocycles. The lowest BCUT2D eigenvalue weighted by Gasteiger charge is -2.04. The van der Waals surface area contributed by atoms with Crippen LogP contribution < -0.4 is 0 Å². The van der Waals surface area contributed by atoms with Crippen molar-refractivity contribution in [3.63, 3.8) is 0 Å². The van der Waals surface area contributed by atoms with Gasteiger partial charge in [-0.3, -0.25) is 4.79 Å². The Morgan fingerprint density at radius 3 is 2.71 bits per heavy atom. The van der Waals surface area contributed by atoms with Crippen molar-refractivity contribution in [2.45, 2.75) is 6.42 Å². The fraction of sp³-hybridized carbons (Fsp3) is 0.0667. The summed E-state index contributed by atoms with van der Waals surface area (Å²) in [7, 11) is 0. The SMILES string of the molecule is O=C(Cc1nc2ccccc2s1)c1ccc(F)c(F)c1Br. The maximum atomic E-state index is 13.5. The highest BCUT2D eigenvalue weighted by atomic mass is 79.9. The zero-order valence-electron chi connectivity index (χ0n) is 10.6. The molecule has 0 spiro atoms. The third kappa shape index (κ3) is 2.73. The van der Waals surface area contributed by atoms with Crippen LogP contribution in [0.3, 0.4) is 0 Å². The van der Waals surface area contributed by atoms with Crippen molar-refractivity contribution in [3.8, 4) is 0 Å². The summed E-state index contributed by atoms with van der Waals surface area (Å²) >= 11 is 4.35. The van der Waals surface area contributed by atoms with Gasteiger partial charge in [-0.1, -0.05) is 12.1 Å².